The molecule has 3 amide bonds. The van der Waals surface area contributed by atoms with Crippen LogP contribution in [0.1, 0.15) is 142 Å². The summed E-state index contributed by atoms with van der Waals surface area (Å²) in [5, 5.41) is 10.8. The van der Waals surface area contributed by atoms with Crippen molar-refractivity contribution in [2.75, 3.05) is 73.1 Å². The maximum absolute atomic E-state index is 15.6. The van der Waals surface area contributed by atoms with Gasteiger partial charge in [-0.2, -0.15) is 5.10 Å². The van der Waals surface area contributed by atoms with Crippen molar-refractivity contribution in [3.05, 3.63) is 111 Å². The number of aldehydes is 1. The van der Waals surface area contributed by atoms with E-state index in [4.69, 9.17) is 9.53 Å². The fourth-order valence-corrected chi connectivity index (χ4v) is 10.3. The molecule has 3 aromatic carbocycles. The first-order chi connectivity index (χ1) is 35.9. The number of benzene rings is 3. The van der Waals surface area contributed by atoms with E-state index in [1.165, 1.54) is 18.2 Å². The van der Waals surface area contributed by atoms with Gasteiger partial charge in [-0.3, -0.25) is 33.3 Å². The molecule has 2 atom stereocenters. The van der Waals surface area contributed by atoms with E-state index in [0.29, 0.717) is 56.2 Å². The van der Waals surface area contributed by atoms with Crippen LogP contribution in [-0.4, -0.2) is 152 Å². The molecular weight excluding hydrogens is 952 g/mol. The van der Waals surface area contributed by atoms with Crippen molar-refractivity contribution in [3.63, 3.8) is 0 Å². The van der Waals surface area contributed by atoms with Gasteiger partial charge in [-0.15, -0.1) is 0 Å². The van der Waals surface area contributed by atoms with E-state index >= 15 is 4.39 Å². The van der Waals surface area contributed by atoms with Crippen molar-refractivity contribution < 1.29 is 41.9 Å². The molecule has 2 unspecified atom stereocenters. The van der Waals surface area contributed by atoms with Crippen LogP contribution in [0, 0.1) is 17.6 Å². The lowest BCUT2D eigenvalue weighted by molar-refractivity contribution is -0.140. The number of fused-ring (bicyclic) bond motifs is 1. The van der Waals surface area contributed by atoms with E-state index in [2.05, 4.69) is 39.3 Å². The molecule has 0 bridgehead atoms. The zero-order valence-corrected chi connectivity index (χ0v) is 44.5. The van der Waals surface area contributed by atoms with Gasteiger partial charge in [0, 0.05) is 64.2 Å². The summed E-state index contributed by atoms with van der Waals surface area (Å²) in [5.41, 5.74) is 1.79. The molecule has 2 N–H and O–H groups in total. The molecule has 3 saturated heterocycles. The molecule has 1 aromatic heterocycles. The Kier molecular flexibility index (Phi) is 26.1. The number of aromatic nitrogens is 2. The monoisotopic (exact) mass is 1030 g/mol. The number of alkyl halides is 1. The van der Waals surface area contributed by atoms with Crippen LogP contribution >= 0.6 is 0 Å². The van der Waals surface area contributed by atoms with Crippen LogP contribution in [0.2, 0.25) is 0 Å². The van der Waals surface area contributed by atoms with Gasteiger partial charge in [0.2, 0.25) is 11.8 Å². The van der Waals surface area contributed by atoms with Crippen molar-refractivity contribution in [1.82, 2.24) is 35.1 Å². The maximum Gasteiger partial charge on any atom is 0.272 e. The second kappa shape index (κ2) is 31.8. The number of rotatable bonds is 14. The SMILES string of the molecule is C=O.CC.CCCC(C)c1cccc(C(=O)NC(C(=O)N2CCC(OC3CCN(CC(=O)N4CCN(C)CC4)CC3)CC2)C2CCCCC2)c1F.CF.O=Cc1cc(Cc2n[nH]c(=O)c3ccccc23)ccc1F. The summed E-state index contributed by atoms with van der Waals surface area (Å²) in [6, 6.07) is 15.9. The summed E-state index contributed by atoms with van der Waals surface area (Å²) in [5.74, 6) is -1.23. The summed E-state index contributed by atoms with van der Waals surface area (Å²) >= 11 is 0. The number of halogens is 3. The molecule has 8 rings (SSSR count). The van der Waals surface area contributed by atoms with Crippen LogP contribution in [0.5, 0.6) is 0 Å². The Morgan fingerprint density at radius 3 is 2.07 bits per heavy atom. The van der Waals surface area contributed by atoms with Gasteiger partial charge in [-0.05, 0) is 99.2 Å². The number of amides is 3. The fourth-order valence-electron chi connectivity index (χ4n) is 10.3. The number of aromatic amines is 1. The first-order valence-corrected chi connectivity index (χ1v) is 26.5. The standard InChI is InChI=1S/C37H58FN5O4.C16H11FN2O2.C2H6.CH3F.CH2O/c1-4-9-27(2)31-12-8-13-32(34(31)38)36(45)39-35(28-10-6-5-7-11-28)37(46)43-20-16-30(17-21-43)47-29-14-18-41(19-15-29)26-33(44)42-24-22-40(3)23-25-42;17-14-6-5-10(7-11(14)9-20)8-15-12-3-1-2-4-13(12)16(21)19-18-15;3*1-2/h8,12-13,27-30,35H,4-7,9-11,14-26H2,1-3H3,(H,39,45);1-7,9H,8H2,(H,19,21);1-2H3;1H3;1H2. The third-order valence-electron chi connectivity index (χ3n) is 14.4. The lowest BCUT2D eigenvalue weighted by Gasteiger charge is -2.39. The van der Waals surface area contributed by atoms with E-state index in [0.717, 1.165) is 121 Å². The van der Waals surface area contributed by atoms with Gasteiger partial charge in [-0.1, -0.05) is 89.8 Å². The normalized spacial score (nSPS) is 17.6. The molecule has 406 valence electrons. The summed E-state index contributed by atoms with van der Waals surface area (Å²) < 4.78 is 44.9. The van der Waals surface area contributed by atoms with Crippen LogP contribution in [-0.2, 0) is 25.5 Å². The maximum atomic E-state index is 15.6. The van der Waals surface area contributed by atoms with Crippen LogP contribution in [0.3, 0.4) is 0 Å². The van der Waals surface area contributed by atoms with Crippen molar-refractivity contribution in [3.8, 4) is 0 Å². The molecule has 4 heterocycles. The lowest BCUT2D eigenvalue weighted by atomic mass is 9.83. The van der Waals surface area contributed by atoms with Gasteiger partial charge in [0.05, 0.1) is 48.1 Å². The minimum Gasteiger partial charge on any atom is -0.375 e. The van der Waals surface area contributed by atoms with Crippen molar-refractivity contribution >= 4 is 41.6 Å². The molecular formula is C57H80F3N7O7. The number of likely N-dealkylation sites (tertiary alicyclic amines) is 2. The zero-order valence-electron chi connectivity index (χ0n) is 44.5. The van der Waals surface area contributed by atoms with Gasteiger partial charge < -0.3 is 29.5 Å². The minimum absolute atomic E-state index is 0.0150. The first-order valence-electron chi connectivity index (χ1n) is 26.5. The minimum atomic E-state index is -0.644. The third-order valence-corrected chi connectivity index (χ3v) is 14.4. The van der Waals surface area contributed by atoms with E-state index in [-0.39, 0.29) is 52.5 Å². The van der Waals surface area contributed by atoms with E-state index < -0.39 is 23.6 Å². The highest BCUT2D eigenvalue weighted by molar-refractivity contribution is 5.98. The number of nitrogens with zero attached hydrogens (tertiary/aromatic N) is 5. The van der Waals surface area contributed by atoms with Gasteiger partial charge in [-0.25, -0.2) is 13.9 Å². The molecule has 3 aliphatic heterocycles. The number of H-pyrrole nitrogens is 1. The Morgan fingerprint density at radius 1 is 0.824 bits per heavy atom. The number of hydrogen-bond acceptors (Lipinski definition) is 10. The molecule has 1 aliphatic carbocycles. The third kappa shape index (κ3) is 17.1. The van der Waals surface area contributed by atoms with Crippen molar-refractivity contribution in [2.45, 2.75) is 129 Å². The number of likely N-dealkylation sites (N-methyl/N-ethyl adjacent to an activating group) is 1. The molecule has 0 radical (unpaired) electrons. The van der Waals surface area contributed by atoms with E-state index in [1.807, 2.05) is 49.5 Å². The summed E-state index contributed by atoms with van der Waals surface area (Å²) in [6.07, 6.45) is 11.3. The molecule has 74 heavy (non-hydrogen) atoms. The molecule has 17 heteroatoms. The van der Waals surface area contributed by atoms with Gasteiger partial charge in [0.15, 0.2) is 6.29 Å². The van der Waals surface area contributed by atoms with E-state index in [1.54, 1.807) is 30.3 Å². The van der Waals surface area contributed by atoms with Crippen LogP contribution in [0.15, 0.2) is 65.5 Å². The van der Waals surface area contributed by atoms with Gasteiger partial charge >= 0.3 is 0 Å². The summed E-state index contributed by atoms with van der Waals surface area (Å²) in [4.78, 5) is 79.2. The Morgan fingerprint density at radius 2 is 1.45 bits per heavy atom. The Labute approximate surface area is 435 Å². The number of nitrogens with one attached hydrogen (secondary N) is 2. The Hall–Kier alpha value is -5.78. The van der Waals surface area contributed by atoms with Crippen LogP contribution < -0.4 is 10.9 Å². The number of ether oxygens (including phenoxy) is 1. The first kappa shape index (κ1) is 60.8. The van der Waals surface area contributed by atoms with Crippen molar-refractivity contribution in [2.24, 2.45) is 5.92 Å². The predicted molar refractivity (Wildman–Crippen MR) is 284 cm³/mol. The largest absolute Gasteiger partial charge is 0.375 e. The Bertz CT molecular complexity index is 2430. The second-order valence-corrected chi connectivity index (χ2v) is 19.3. The lowest BCUT2D eigenvalue weighted by Crippen LogP contribution is -2.55. The number of carbonyl (C=O) groups is 5. The molecule has 0 spiro atoms. The van der Waals surface area contributed by atoms with Crippen LogP contribution in [0.25, 0.3) is 10.8 Å². The Balaban J connectivity index is 0.000000364. The number of piperidine rings is 2. The van der Waals surface area contributed by atoms with Gasteiger partial charge in [0.25, 0.3) is 11.5 Å². The number of carbonyl (C=O) groups excluding carboxylic acids is 5. The quantitative estimate of drug-likeness (QED) is 0.117. The second-order valence-electron chi connectivity index (χ2n) is 19.3. The van der Waals surface area contributed by atoms with Crippen LogP contribution in [0.4, 0.5) is 13.2 Å². The highest BCUT2D eigenvalue weighted by Gasteiger charge is 2.37. The summed E-state index contributed by atoms with van der Waals surface area (Å²) in [7, 11) is 2.60. The average molecular weight is 1030 g/mol. The fraction of sp³-hybridized carbons (Fsp3) is 0.561. The smallest absolute Gasteiger partial charge is 0.272 e. The van der Waals surface area contributed by atoms with Crippen molar-refractivity contribution in [1.29, 1.82) is 0 Å². The molecule has 4 fully saturated rings. The summed E-state index contributed by atoms with van der Waals surface area (Å²) in [6.45, 7) is 17.0. The zero-order chi connectivity index (χ0) is 54.2. The molecule has 4 aromatic rings. The highest BCUT2D eigenvalue weighted by atomic mass is 19.1. The molecule has 1 saturated carbocycles. The average Bonchev–Trinajstić information content (AvgIpc) is 3.44. The predicted octanol–water partition coefficient (Wildman–Crippen LogP) is 8.55. The molecule has 4 aliphatic rings. The number of piperazine rings is 1. The highest BCUT2D eigenvalue weighted by Crippen LogP contribution is 2.30. The molecule has 14 nitrogen and oxygen atoms in total. The van der Waals surface area contributed by atoms with Gasteiger partial charge in [0.1, 0.15) is 24.5 Å². The topological polar surface area (TPSA) is 165 Å². The number of hydrogen-bond donors (Lipinski definition) is 2. The van der Waals surface area contributed by atoms with E-state index in [9.17, 15) is 32.8 Å².